The van der Waals surface area contributed by atoms with E-state index in [1.807, 2.05) is 6.92 Å². The van der Waals surface area contributed by atoms with Crippen molar-refractivity contribution in [2.24, 2.45) is 17.3 Å². The molecule has 0 aliphatic heterocycles. The molecule has 3 nitrogen and oxygen atoms in total. The number of allylic oxidation sites excluding steroid dienone is 1. The molecule has 100 valence electrons. The first-order chi connectivity index (χ1) is 8.39. The molecule has 2 fully saturated rings. The number of carbonyl (C=O) groups is 1. The molecule has 0 saturated heterocycles. The second-order valence-electron chi connectivity index (χ2n) is 6.09. The lowest BCUT2D eigenvalue weighted by molar-refractivity contribution is -0.123. The lowest BCUT2D eigenvalue weighted by Crippen LogP contribution is -2.49. The van der Waals surface area contributed by atoms with Crippen LogP contribution in [-0.2, 0) is 4.79 Å². The van der Waals surface area contributed by atoms with Gasteiger partial charge >= 0.3 is 0 Å². The Morgan fingerprint density at radius 2 is 2.11 bits per heavy atom. The van der Waals surface area contributed by atoms with Gasteiger partial charge in [-0.2, -0.15) is 0 Å². The van der Waals surface area contributed by atoms with Crippen molar-refractivity contribution in [3.63, 3.8) is 0 Å². The highest BCUT2D eigenvalue weighted by molar-refractivity contribution is 5.96. The van der Waals surface area contributed by atoms with Crippen molar-refractivity contribution in [1.29, 1.82) is 0 Å². The normalized spacial score (nSPS) is 41.5. The molecule has 18 heavy (non-hydrogen) atoms. The fourth-order valence-electron chi connectivity index (χ4n) is 3.32. The van der Waals surface area contributed by atoms with Crippen molar-refractivity contribution < 1.29 is 15.0 Å². The minimum atomic E-state index is -0.743. The maximum atomic E-state index is 12.1. The number of aliphatic hydroxyl groups excluding tert-OH is 2. The van der Waals surface area contributed by atoms with Crippen molar-refractivity contribution in [3.8, 4) is 0 Å². The number of ketones is 1. The number of aliphatic hydroxyl groups is 2. The smallest absolute Gasteiger partial charge is 0.161 e. The molecule has 3 heteroatoms. The van der Waals surface area contributed by atoms with Crippen LogP contribution in [0.2, 0.25) is 0 Å². The highest BCUT2D eigenvalue weighted by atomic mass is 16.3. The van der Waals surface area contributed by atoms with E-state index in [9.17, 15) is 15.0 Å². The third-order valence-electron chi connectivity index (χ3n) is 4.86. The molecule has 0 spiro atoms. The van der Waals surface area contributed by atoms with Gasteiger partial charge in [0.2, 0.25) is 0 Å². The molecule has 0 amide bonds. The monoisotopic (exact) mass is 250 g/mol. The Balaban J connectivity index is 2.24. The Morgan fingerprint density at radius 3 is 2.72 bits per heavy atom. The lowest BCUT2D eigenvalue weighted by Gasteiger charge is -2.53. The number of hydrogen-bond donors (Lipinski definition) is 2. The molecule has 0 aromatic heterocycles. The van der Waals surface area contributed by atoms with E-state index in [0.29, 0.717) is 24.3 Å². The third-order valence-corrected chi connectivity index (χ3v) is 4.86. The van der Waals surface area contributed by atoms with Crippen molar-refractivity contribution in [2.75, 3.05) is 6.61 Å². The topological polar surface area (TPSA) is 57.5 Å². The van der Waals surface area contributed by atoms with Crippen LogP contribution in [0.15, 0.2) is 24.3 Å². The first kappa shape index (κ1) is 13.5. The van der Waals surface area contributed by atoms with Crippen LogP contribution in [0.5, 0.6) is 0 Å². The van der Waals surface area contributed by atoms with Gasteiger partial charge in [-0.1, -0.05) is 25.7 Å². The summed E-state index contributed by atoms with van der Waals surface area (Å²) in [6.07, 6.45) is 1.78. The van der Waals surface area contributed by atoms with Crippen LogP contribution in [0.3, 0.4) is 0 Å². The van der Waals surface area contributed by atoms with Crippen LogP contribution in [0, 0.1) is 17.3 Å². The molecule has 0 aromatic rings. The third kappa shape index (κ3) is 2.06. The number of fused-ring (bicyclic) bond motifs is 1. The van der Waals surface area contributed by atoms with Crippen LogP contribution < -0.4 is 0 Å². The Morgan fingerprint density at radius 1 is 1.44 bits per heavy atom. The van der Waals surface area contributed by atoms with E-state index in [4.69, 9.17) is 0 Å². The van der Waals surface area contributed by atoms with E-state index in [2.05, 4.69) is 13.2 Å². The number of hydrogen-bond acceptors (Lipinski definition) is 3. The first-order valence-corrected chi connectivity index (χ1v) is 6.57. The lowest BCUT2D eigenvalue weighted by atomic mass is 9.51. The van der Waals surface area contributed by atoms with E-state index >= 15 is 0 Å². The molecule has 0 bridgehead atoms. The van der Waals surface area contributed by atoms with Crippen molar-refractivity contribution in [2.45, 2.75) is 38.7 Å². The molecule has 2 N–H and O–H groups in total. The summed E-state index contributed by atoms with van der Waals surface area (Å²) in [5, 5.41) is 19.4. The predicted octanol–water partition coefficient (Wildman–Crippen LogP) is 1.85. The highest BCUT2D eigenvalue weighted by Crippen LogP contribution is 2.56. The standard InChI is InChI=1S/C15H22O3/c1-9-4-5-13(17)10(2)14(18)6-12-11(9)7-15(12,3)8-16/h11-13,16-17H,1-2,4-8H2,3H3/t11-,12-,13-,15-/m1/s1. The summed E-state index contributed by atoms with van der Waals surface area (Å²) < 4.78 is 0. The minimum Gasteiger partial charge on any atom is -0.396 e. The quantitative estimate of drug-likeness (QED) is 0.551. The van der Waals surface area contributed by atoms with E-state index in [1.165, 1.54) is 0 Å². The van der Waals surface area contributed by atoms with Gasteiger partial charge in [0.25, 0.3) is 0 Å². The fraction of sp³-hybridized carbons (Fsp3) is 0.667. The molecule has 4 atom stereocenters. The molecule has 0 aromatic carbocycles. The van der Waals surface area contributed by atoms with Crippen LogP contribution in [0.4, 0.5) is 0 Å². The summed E-state index contributed by atoms with van der Waals surface area (Å²) in [5.41, 5.74) is 1.24. The summed E-state index contributed by atoms with van der Waals surface area (Å²) in [6.45, 7) is 9.92. The Labute approximate surface area is 108 Å². The SMILES string of the molecule is C=C1C(=O)C[C@@H]2[C@H](C[C@]2(C)CO)C(=C)CC[C@H]1O. The van der Waals surface area contributed by atoms with Gasteiger partial charge in [-0.3, -0.25) is 4.79 Å². The van der Waals surface area contributed by atoms with Crippen LogP contribution >= 0.6 is 0 Å². The zero-order chi connectivity index (χ0) is 13.5. The van der Waals surface area contributed by atoms with E-state index in [0.717, 1.165) is 18.4 Å². The highest BCUT2D eigenvalue weighted by Gasteiger charge is 2.51. The minimum absolute atomic E-state index is 0.0634. The van der Waals surface area contributed by atoms with Gasteiger partial charge in [-0.05, 0) is 36.5 Å². The van der Waals surface area contributed by atoms with Gasteiger partial charge in [0, 0.05) is 18.6 Å². The van der Waals surface area contributed by atoms with E-state index in [1.54, 1.807) is 0 Å². The van der Waals surface area contributed by atoms with Crippen LogP contribution in [-0.4, -0.2) is 28.7 Å². The maximum absolute atomic E-state index is 12.1. The number of Topliss-reactive ketones (excluding diaryl/α,β-unsaturated/α-hetero) is 1. The Bertz CT molecular complexity index is 399. The van der Waals surface area contributed by atoms with Crippen LogP contribution in [0.25, 0.3) is 0 Å². The number of carbonyl (C=O) groups excluding carboxylic acids is 1. The second kappa shape index (κ2) is 4.63. The predicted molar refractivity (Wildman–Crippen MR) is 69.9 cm³/mol. The van der Waals surface area contributed by atoms with Gasteiger partial charge in [-0.15, -0.1) is 0 Å². The van der Waals surface area contributed by atoms with Gasteiger partial charge in [0.15, 0.2) is 5.78 Å². The fourth-order valence-corrected chi connectivity index (χ4v) is 3.32. The van der Waals surface area contributed by atoms with Crippen LogP contribution in [0.1, 0.15) is 32.6 Å². The molecular formula is C15H22O3. The summed E-state index contributed by atoms with van der Waals surface area (Å²) in [5.74, 6) is 0.389. The summed E-state index contributed by atoms with van der Waals surface area (Å²) in [7, 11) is 0. The number of rotatable bonds is 1. The van der Waals surface area contributed by atoms with Gasteiger partial charge in [0.1, 0.15) is 0 Å². The molecule has 0 heterocycles. The maximum Gasteiger partial charge on any atom is 0.161 e. The first-order valence-electron chi connectivity index (χ1n) is 6.57. The largest absolute Gasteiger partial charge is 0.396 e. The molecule has 2 aliphatic rings. The Hall–Kier alpha value is -0.930. The van der Waals surface area contributed by atoms with E-state index in [-0.39, 0.29) is 23.7 Å². The molecule has 2 saturated carbocycles. The molecule has 2 rings (SSSR count). The average molecular weight is 250 g/mol. The van der Waals surface area contributed by atoms with Gasteiger partial charge in [-0.25, -0.2) is 0 Å². The van der Waals surface area contributed by atoms with Crippen molar-refractivity contribution >= 4 is 5.78 Å². The van der Waals surface area contributed by atoms with E-state index < -0.39 is 6.10 Å². The van der Waals surface area contributed by atoms with Crippen molar-refractivity contribution in [1.82, 2.24) is 0 Å². The average Bonchev–Trinajstić information content (AvgIpc) is 2.38. The summed E-state index contributed by atoms with van der Waals surface area (Å²) in [6, 6.07) is 0. The molecule has 0 unspecified atom stereocenters. The molecule has 0 radical (unpaired) electrons. The zero-order valence-electron chi connectivity index (χ0n) is 11.0. The van der Waals surface area contributed by atoms with Gasteiger partial charge < -0.3 is 10.2 Å². The molecular weight excluding hydrogens is 228 g/mol. The van der Waals surface area contributed by atoms with Gasteiger partial charge in [0.05, 0.1) is 6.10 Å². The van der Waals surface area contributed by atoms with Crippen molar-refractivity contribution in [3.05, 3.63) is 24.3 Å². The zero-order valence-corrected chi connectivity index (χ0v) is 11.0. The molecule has 2 aliphatic carbocycles. The summed E-state index contributed by atoms with van der Waals surface area (Å²) in [4.78, 5) is 12.1. The Kier molecular flexibility index (Phi) is 3.47. The second-order valence-corrected chi connectivity index (χ2v) is 6.09. The summed E-state index contributed by atoms with van der Waals surface area (Å²) >= 11 is 0.